The van der Waals surface area contributed by atoms with Gasteiger partial charge in [0, 0.05) is 18.5 Å². The minimum absolute atomic E-state index is 0.0104. The number of nitrogens with zero attached hydrogens (tertiary/aromatic N) is 2. The number of hydrogen-bond donors (Lipinski definition) is 1. The monoisotopic (exact) mass is 271 g/mol. The topological polar surface area (TPSA) is 68.9 Å². The van der Waals surface area contributed by atoms with Gasteiger partial charge in [-0.25, -0.2) is 9.97 Å². The van der Waals surface area contributed by atoms with Crippen LogP contribution in [0.1, 0.15) is 16.6 Å². The Labute approximate surface area is 92.3 Å². The van der Waals surface area contributed by atoms with E-state index in [9.17, 15) is 4.79 Å². The van der Waals surface area contributed by atoms with E-state index in [1.807, 2.05) is 0 Å². The third-order valence-electron chi connectivity index (χ3n) is 1.75. The minimum Gasteiger partial charge on any atom is -0.368 e. The number of nitrogens with two attached hydrogens (primary N) is 1. The van der Waals surface area contributed by atoms with Gasteiger partial charge >= 0.3 is 0 Å². The lowest BCUT2D eigenvalue weighted by molar-refractivity contribution is 0.102. The molecule has 6 heteroatoms. The summed E-state index contributed by atoms with van der Waals surface area (Å²) >= 11 is 4.71. The smallest absolute Gasteiger partial charge is 0.220 e. The van der Waals surface area contributed by atoms with E-state index in [-0.39, 0.29) is 11.7 Å². The van der Waals surface area contributed by atoms with Gasteiger partial charge < -0.3 is 5.73 Å². The summed E-state index contributed by atoms with van der Waals surface area (Å²) in [5.41, 5.74) is 6.08. The predicted octanol–water partition coefficient (Wildman–Crippen LogP) is 2.24. The second-order valence-corrected chi connectivity index (χ2v) is 5.09. The van der Waals surface area contributed by atoms with Gasteiger partial charge in [-0.1, -0.05) is 0 Å². The van der Waals surface area contributed by atoms with E-state index in [1.54, 1.807) is 6.20 Å². The number of halogens is 1. The van der Waals surface area contributed by atoms with E-state index in [1.165, 1.54) is 18.3 Å². The molecule has 0 fully saturated rings. The third-order valence-corrected chi connectivity index (χ3v) is 3.74. The molecule has 0 unspecified atom stereocenters. The average Bonchev–Trinajstić information content (AvgIpc) is 2.43. The molecule has 0 atom stereocenters. The lowest BCUT2D eigenvalue weighted by Gasteiger charge is -1.93. The predicted molar refractivity (Wildman–Crippen MR) is 59.5 cm³/mol. The van der Waals surface area contributed by atoms with Crippen molar-refractivity contribution in [1.29, 1.82) is 0 Å². The summed E-state index contributed by atoms with van der Waals surface area (Å²) in [4.78, 5) is 19.8. The summed E-state index contributed by atoms with van der Waals surface area (Å²) in [7, 11) is 0. The first-order chi connectivity index (χ1) is 6.59. The van der Waals surface area contributed by atoms with Gasteiger partial charge in [0.2, 0.25) is 5.95 Å². The van der Waals surface area contributed by atoms with E-state index >= 15 is 0 Å². The van der Waals surface area contributed by atoms with E-state index in [2.05, 4.69) is 25.9 Å². The van der Waals surface area contributed by atoms with Gasteiger partial charge in [0.25, 0.3) is 0 Å². The van der Waals surface area contributed by atoms with Gasteiger partial charge in [-0.3, -0.25) is 4.79 Å². The van der Waals surface area contributed by atoms with Gasteiger partial charge in [0.15, 0.2) is 5.78 Å². The van der Waals surface area contributed by atoms with Crippen molar-refractivity contribution in [1.82, 2.24) is 9.97 Å². The fourth-order valence-electron chi connectivity index (χ4n) is 1.14. The molecule has 0 saturated carbocycles. The van der Waals surface area contributed by atoms with E-state index in [0.29, 0.717) is 10.4 Å². The Morgan fingerprint density at radius 2 is 2.36 bits per heavy atom. The molecular formula is C8H6BrN3OS. The van der Waals surface area contributed by atoms with Crippen LogP contribution in [-0.4, -0.2) is 15.8 Å². The third kappa shape index (κ3) is 1.40. The molecule has 0 amide bonds. The van der Waals surface area contributed by atoms with Crippen molar-refractivity contribution in [3.63, 3.8) is 0 Å². The summed E-state index contributed by atoms with van der Waals surface area (Å²) in [5, 5.41) is 0.828. The van der Waals surface area contributed by atoms with Crippen LogP contribution in [0.4, 0.5) is 5.95 Å². The van der Waals surface area contributed by atoms with E-state index in [0.717, 1.165) is 9.17 Å². The summed E-state index contributed by atoms with van der Waals surface area (Å²) in [5.74, 6) is 0.175. The number of fused-ring (bicyclic) bond motifs is 1. The number of ketones is 1. The van der Waals surface area contributed by atoms with Crippen LogP contribution in [-0.2, 0) is 0 Å². The van der Waals surface area contributed by atoms with Crippen molar-refractivity contribution >= 4 is 49.9 Å². The molecule has 2 N–H and O–H groups in total. The molecular weight excluding hydrogens is 266 g/mol. The standard InChI is InChI=1S/C8H6BrN3OS/c1-3(13)6-5-4(7(9)14-6)2-11-8(10)12-5/h2H,1H3,(H2,10,12). The first kappa shape index (κ1) is 9.54. The Morgan fingerprint density at radius 1 is 1.64 bits per heavy atom. The van der Waals surface area contributed by atoms with Gasteiger partial charge in [-0.05, 0) is 15.9 Å². The molecule has 2 aromatic heterocycles. The highest BCUT2D eigenvalue weighted by Gasteiger charge is 2.14. The van der Waals surface area contributed by atoms with Crippen molar-refractivity contribution in [2.75, 3.05) is 5.73 Å². The highest BCUT2D eigenvalue weighted by atomic mass is 79.9. The van der Waals surface area contributed by atoms with Crippen LogP contribution in [0.15, 0.2) is 9.98 Å². The molecule has 2 aromatic rings. The van der Waals surface area contributed by atoms with Gasteiger partial charge in [-0.15, -0.1) is 11.3 Å². The first-order valence-corrected chi connectivity index (χ1v) is 5.42. The number of rotatable bonds is 1. The average molecular weight is 272 g/mol. The molecule has 0 aliphatic rings. The van der Waals surface area contributed by atoms with Crippen LogP contribution < -0.4 is 5.73 Å². The fraction of sp³-hybridized carbons (Fsp3) is 0.125. The summed E-state index contributed by atoms with van der Waals surface area (Å²) in [6.07, 6.45) is 1.62. The van der Waals surface area contributed by atoms with Crippen molar-refractivity contribution < 1.29 is 4.79 Å². The molecule has 0 aliphatic carbocycles. The maximum atomic E-state index is 11.3. The first-order valence-electron chi connectivity index (χ1n) is 3.81. The fourth-order valence-corrected chi connectivity index (χ4v) is 2.75. The number of carbonyl (C=O) groups is 1. The zero-order valence-corrected chi connectivity index (χ0v) is 9.65. The molecule has 72 valence electrons. The molecule has 14 heavy (non-hydrogen) atoms. The molecule has 2 rings (SSSR count). The molecule has 0 aromatic carbocycles. The van der Waals surface area contributed by atoms with Crippen LogP contribution in [0.2, 0.25) is 0 Å². The second kappa shape index (κ2) is 3.29. The van der Waals surface area contributed by atoms with Gasteiger partial charge in [-0.2, -0.15) is 0 Å². The zero-order valence-electron chi connectivity index (χ0n) is 7.24. The quantitative estimate of drug-likeness (QED) is 0.808. The van der Waals surface area contributed by atoms with E-state index < -0.39 is 0 Å². The maximum Gasteiger partial charge on any atom is 0.220 e. The normalized spacial score (nSPS) is 10.7. The van der Waals surface area contributed by atoms with Crippen LogP contribution in [0, 0.1) is 0 Å². The lowest BCUT2D eigenvalue weighted by atomic mass is 10.3. The van der Waals surface area contributed by atoms with Crippen molar-refractivity contribution in [2.45, 2.75) is 6.92 Å². The van der Waals surface area contributed by atoms with Crippen LogP contribution >= 0.6 is 27.3 Å². The van der Waals surface area contributed by atoms with Crippen LogP contribution in [0.3, 0.4) is 0 Å². The number of aromatic nitrogens is 2. The van der Waals surface area contributed by atoms with Crippen LogP contribution in [0.5, 0.6) is 0 Å². The Balaban J connectivity index is 2.85. The molecule has 2 heterocycles. The molecule has 0 radical (unpaired) electrons. The Hall–Kier alpha value is -1.01. The Morgan fingerprint density at radius 3 is 3.00 bits per heavy atom. The van der Waals surface area contributed by atoms with E-state index in [4.69, 9.17) is 5.73 Å². The molecule has 0 spiro atoms. The zero-order chi connectivity index (χ0) is 10.3. The number of carbonyl (C=O) groups excluding carboxylic acids is 1. The van der Waals surface area contributed by atoms with Gasteiger partial charge in [0.1, 0.15) is 0 Å². The maximum absolute atomic E-state index is 11.3. The SMILES string of the molecule is CC(=O)c1sc(Br)c2cnc(N)nc12. The van der Waals surface area contributed by atoms with Crippen molar-refractivity contribution in [3.8, 4) is 0 Å². The Kier molecular flexibility index (Phi) is 2.24. The van der Waals surface area contributed by atoms with Gasteiger partial charge in [0.05, 0.1) is 14.2 Å². The number of thiophene rings is 1. The summed E-state index contributed by atoms with van der Waals surface area (Å²) < 4.78 is 0.859. The number of anilines is 1. The Bertz CT molecular complexity index is 523. The number of Topliss-reactive ketones (excluding diaryl/α,β-unsaturated/α-hetero) is 1. The molecule has 4 nitrogen and oxygen atoms in total. The summed E-state index contributed by atoms with van der Waals surface area (Å²) in [6, 6.07) is 0. The second-order valence-electron chi connectivity index (χ2n) is 2.75. The summed E-state index contributed by atoms with van der Waals surface area (Å²) in [6.45, 7) is 1.51. The molecule has 0 bridgehead atoms. The van der Waals surface area contributed by atoms with Crippen molar-refractivity contribution in [2.24, 2.45) is 0 Å². The minimum atomic E-state index is -0.0104. The lowest BCUT2D eigenvalue weighted by Crippen LogP contribution is -1.95. The largest absolute Gasteiger partial charge is 0.368 e. The number of nitrogen functional groups attached to an aromatic ring is 1. The molecule has 0 saturated heterocycles. The number of hydrogen-bond acceptors (Lipinski definition) is 5. The van der Waals surface area contributed by atoms with Crippen LogP contribution in [0.25, 0.3) is 10.9 Å². The highest BCUT2D eigenvalue weighted by Crippen LogP contribution is 2.34. The van der Waals surface area contributed by atoms with Crippen molar-refractivity contribution in [3.05, 3.63) is 14.9 Å². The molecule has 0 aliphatic heterocycles. The highest BCUT2D eigenvalue weighted by molar-refractivity contribution is 9.11.